The molecule has 0 radical (unpaired) electrons. The van der Waals surface area contributed by atoms with E-state index in [-0.39, 0.29) is 6.04 Å². The molecule has 0 aromatic carbocycles. The van der Waals surface area contributed by atoms with Crippen LogP contribution in [-0.2, 0) is 0 Å². The molecule has 17 heavy (non-hydrogen) atoms. The highest BCUT2D eigenvalue weighted by Crippen LogP contribution is 2.17. The Morgan fingerprint density at radius 1 is 1.41 bits per heavy atom. The number of anilines is 1. The SMILES string of the molecule is Cc1cc(NC(CCl)C(C)C)n2ncnc2c1. The topological polar surface area (TPSA) is 42.2 Å². The summed E-state index contributed by atoms with van der Waals surface area (Å²) < 4.78 is 1.80. The number of halogens is 1. The van der Waals surface area contributed by atoms with Gasteiger partial charge in [-0.1, -0.05) is 13.8 Å². The Morgan fingerprint density at radius 3 is 2.82 bits per heavy atom. The van der Waals surface area contributed by atoms with E-state index in [2.05, 4.69) is 35.3 Å². The first-order valence-corrected chi connectivity index (χ1v) is 6.28. The number of hydrogen-bond acceptors (Lipinski definition) is 3. The fraction of sp³-hybridized carbons (Fsp3) is 0.500. The Labute approximate surface area is 106 Å². The molecular formula is C12H17ClN4. The van der Waals surface area contributed by atoms with Gasteiger partial charge < -0.3 is 5.32 Å². The summed E-state index contributed by atoms with van der Waals surface area (Å²) in [5, 5.41) is 7.63. The number of pyridine rings is 1. The summed E-state index contributed by atoms with van der Waals surface area (Å²) in [5.74, 6) is 1.98. The second-order valence-corrected chi connectivity index (χ2v) is 4.91. The third-order valence-electron chi connectivity index (χ3n) is 2.83. The predicted octanol–water partition coefficient (Wildman–Crippen LogP) is 2.71. The fourth-order valence-corrected chi connectivity index (χ4v) is 2.17. The van der Waals surface area contributed by atoms with Crippen molar-refractivity contribution in [1.29, 1.82) is 0 Å². The van der Waals surface area contributed by atoms with Crippen molar-refractivity contribution in [2.75, 3.05) is 11.2 Å². The molecule has 0 saturated carbocycles. The number of fused-ring (bicyclic) bond motifs is 1. The lowest BCUT2D eigenvalue weighted by Gasteiger charge is -2.21. The van der Waals surface area contributed by atoms with E-state index in [1.165, 1.54) is 0 Å². The second-order valence-electron chi connectivity index (χ2n) is 4.60. The molecule has 2 heterocycles. The summed E-state index contributed by atoms with van der Waals surface area (Å²) >= 11 is 5.97. The molecule has 1 N–H and O–H groups in total. The van der Waals surface area contributed by atoms with Crippen LogP contribution in [0.1, 0.15) is 19.4 Å². The summed E-state index contributed by atoms with van der Waals surface area (Å²) in [5.41, 5.74) is 2.01. The summed E-state index contributed by atoms with van der Waals surface area (Å²) in [4.78, 5) is 4.20. The maximum absolute atomic E-state index is 5.97. The number of nitrogens with zero attached hydrogens (tertiary/aromatic N) is 3. The van der Waals surface area contributed by atoms with E-state index < -0.39 is 0 Å². The van der Waals surface area contributed by atoms with Crippen LogP contribution in [-0.4, -0.2) is 26.5 Å². The van der Waals surface area contributed by atoms with Crippen molar-refractivity contribution in [2.24, 2.45) is 5.92 Å². The van der Waals surface area contributed by atoms with Crippen LogP contribution in [0.4, 0.5) is 5.82 Å². The summed E-state index contributed by atoms with van der Waals surface area (Å²) in [6.45, 7) is 6.34. The third-order valence-corrected chi connectivity index (χ3v) is 3.16. The normalized spacial score (nSPS) is 13.2. The largest absolute Gasteiger partial charge is 0.366 e. The Kier molecular flexibility index (Phi) is 3.52. The number of nitrogens with one attached hydrogen (secondary N) is 1. The maximum atomic E-state index is 5.97. The lowest BCUT2D eigenvalue weighted by molar-refractivity contribution is 0.561. The second kappa shape index (κ2) is 4.92. The number of hydrogen-bond donors (Lipinski definition) is 1. The quantitative estimate of drug-likeness (QED) is 0.851. The summed E-state index contributed by atoms with van der Waals surface area (Å²) in [7, 11) is 0. The van der Waals surface area contributed by atoms with Crippen LogP contribution in [0.2, 0.25) is 0 Å². The molecule has 5 heteroatoms. The molecule has 0 saturated heterocycles. The van der Waals surface area contributed by atoms with E-state index in [4.69, 9.17) is 11.6 Å². The first kappa shape index (κ1) is 12.2. The number of rotatable bonds is 4. The predicted molar refractivity (Wildman–Crippen MR) is 70.7 cm³/mol. The van der Waals surface area contributed by atoms with E-state index in [9.17, 15) is 0 Å². The highest BCUT2D eigenvalue weighted by atomic mass is 35.5. The molecule has 0 fully saturated rings. The maximum Gasteiger partial charge on any atom is 0.157 e. The van der Waals surface area contributed by atoms with E-state index in [1.807, 2.05) is 13.0 Å². The summed E-state index contributed by atoms with van der Waals surface area (Å²) in [6, 6.07) is 4.29. The van der Waals surface area contributed by atoms with Gasteiger partial charge in [-0.15, -0.1) is 11.6 Å². The fourth-order valence-electron chi connectivity index (χ4n) is 1.73. The molecule has 0 bridgehead atoms. The van der Waals surface area contributed by atoms with Crippen LogP contribution in [0.25, 0.3) is 5.65 Å². The van der Waals surface area contributed by atoms with Gasteiger partial charge in [0.1, 0.15) is 12.1 Å². The molecule has 0 amide bonds. The van der Waals surface area contributed by atoms with Crippen molar-refractivity contribution >= 4 is 23.1 Å². The van der Waals surface area contributed by atoms with E-state index in [1.54, 1.807) is 10.8 Å². The van der Waals surface area contributed by atoms with Crippen LogP contribution >= 0.6 is 11.6 Å². The van der Waals surface area contributed by atoms with Gasteiger partial charge in [0.25, 0.3) is 0 Å². The van der Waals surface area contributed by atoms with Gasteiger partial charge in [0, 0.05) is 11.9 Å². The zero-order valence-corrected chi connectivity index (χ0v) is 11.1. The van der Waals surface area contributed by atoms with Crippen LogP contribution in [0.5, 0.6) is 0 Å². The van der Waals surface area contributed by atoms with Gasteiger partial charge in [-0.3, -0.25) is 0 Å². The molecule has 1 atom stereocenters. The minimum atomic E-state index is 0.228. The minimum absolute atomic E-state index is 0.228. The van der Waals surface area contributed by atoms with Crippen molar-refractivity contribution in [3.05, 3.63) is 24.0 Å². The zero-order chi connectivity index (χ0) is 12.4. The van der Waals surface area contributed by atoms with Crippen molar-refractivity contribution < 1.29 is 0 Å². The summed E-state index contributed by atoms with van der Waals surface area (Å²) in [6.07, 6.45) is 1.56. The van der Waals surface area contributed by atoms with Crippen molar-refractivity contribution in [3.8, 4) is 0 Å². The molecule has 4 nitrogen and oxygen atoms in total. The molecule has 1 unspecified atom stereocenters. The Balaban J connectivity index is 2.37. The average molecular weight is 253 g/mol. The van der Waals surface area contributed by atoms with E-state index in [0.717, 1.165) is 17.0 Å². The van der Waals surface area contributed by atoms with Crippen molar-refractivity contribution in [1.82, 2.24) is 14.6 Å². The molecular weight excluding hydrogens is 236 g/mol. The molecule has 2 aromatic heterocycles. The van der Waals surface area contributed by atoms with Gasteiger partial charge >= 0.3 is 0 Å². The van der Waals surface area contributed by atoms with Crippen LogP contribution in [0.3, 0.4) is 0 Å². The van der Waals surface area contributed by atoms with Crippen LogP contribution < -0.4 is 5.32 Å². The number of alkyl halides is 1. The van der Waals surface area contributed by atoms with Crippen LogP contribution in [0, 0.1) is 12.8 Å². The lowest BCUT2D eigenvalue weighted by atomic mass is 10.1. The first-order valence-electron chi connectivity index (χ1n) is 5.74. The highest BCUT2D eigenvalue weighted by molar-refractivity contribution is 6.18. The van der Waals surface area contributed by atoms with Gasteiger partial charge in [-0.05, 0) is 30.5 Å². The Hall–Kier alpha value is -1.29. The smallest absolute Gasteiger partial charge is 0.157 e. The van der Waals surface area contributed by atoms with Crippen molar-refractivity contribution in [3.63, 3.8) is 0 Å². The van der Waals surface area contributed by atoms with E-state index in [0.29, 0.717) is 11.8 Å². The van der Waals surface area contributed by atoms with Gasteiger partial charge in [0.05, 0.1) is 0 Å². The van der Waals surface area contributed by atoms with Gasteiger partial charge in [0.15, 0.2) is 5.65 Å². The van der Waals surface area contributed by atoms with E-state index >= 15 is 0 Å². The molecule has 2 aromatic rings. The monoisotopic (exact) mass is 252 g/mol. The standard InChI is InChI=1S/C12H17ClN4/c1-8(2)10(6-13)16-12-5-9(3)4-11-14-7-15-17(11)12/h4-5,7-8,10,16H,6H2,1-3H3. The van der Waals surface area contributed by atoms with Gasteiger partial charge in [0.2, 0.25) is 0 Å². The number of aryl methyl sites for hydroxylation is 1. The Morgan fingerprint density at radius 2 is 2.18 bits per heavy atom. The Bertz CT molecular complexity index is 506. The molecule has 0 aliphatic carbocycles. The molecule has 0 aliphatic heterocycles. The van der Waals surface area contributed by atoms with Gasteiger partial charge in [-0.2, -0.15) is 9.61 Å². The molecule has 0 spiro atoms. The number of aromatic nitrogens is 3. The first-order chi connectivity index (χ1) is 8.11. The van der Waals surface area contributed by atoms with Gasteiger partial charge in [-0.25, -0.2) is 4.98 Å². The zero-order valence-electron chi connectivity index (χ0n) is 10.3. The lowest BCUT2D eigenvalue weighted by Crippen LogP contribution is -2.28. The van der Waals surface area contributed by atoms with Crippen LogP contribution in [0.15, 0.2) is 18.5 Å². The average Bonchev–Trinajstić information content (AvgIpc) is 2.72. The molecule has 2 rings (SSSR count). The minimum Gasteiger partial charge on any atom is -0.366 e. The molecule has 92 valence electrons. The molecule has 0 aliphatic rings. The third kappa shape index (κ3) is 2.52. The van der Waals surface area contributed by atoms with Crippen molar-refractivity contribution in [2.45, 2.75) is 26.8 Å². The highest BCUT2D eigenvalue weighted by Gasteiger charge is 2.14.